The first-order valence-electron chi connectivity index (χ1n) is 6.15. The number of hydrogen-bond donors (Lipinski definition) is 0. The fourth-order valence-electron chi connectivity index (χ4n) is 3.52. The third kappa shape index (κ3) is 1.08. The molecule has 2 bridgehead atoms. The topological polar surface area (TPSA) is 26.3 Å². The van der Waals surface area contributed by atoms with E-state index < -0.39 is 0 Å². The van der Waals surface area contributed by atoms with E-state index in [9.17, 15) is 4.79 Å². The molecule has 0 aromatic carbocycles. The minimum absolute atomic E-state index is 0.000128. The Labute approximate surface area is 96.4 Å². The largest absolute Gasteiger partial charge is 0.358 e. The lowest BCUT2D eigenvalue weighted by Gasteiger charge is -2.39. The van der Waals surface area contributed by atoms with Gasteiger partial charge in [-0.3, -0.25) is 4.79 Å². The van der Waals surface area contributed by atoms with Gasteiger partial charge in [-0.25, -0.2) is 0 Å². The van der Waals surface area contributed by atoms with E-state index in [2.05, 4.69) is 32.6 Å². The molecule has 2 heterocycles. The van der Waals surface area contributed by atoms with Crippen molar-refractivity contribution < 1.29 is 9.53 Å². The van der Waals surface area contributed by atoms with E-state index in [1.807, 2.05) is 0 Å². The van der Waals surface area contributed by atoms with E-state index in [1.165, 1.54) is 0 Å². The second-order valence-corrected chi connectivity index (χ2v) is 5.65. The smallest absolute Gasteiger partial charge is 0.146 e. The molecule has 0 unspecified atom stereocenters. The molecule has 3 rings (SSSR count). The summed E-state index contributed by atoms with van der Waals surface area (Å²) in [6, 6.07) is 0. The van der Waals surface area contributed by atoms with Crippen LogP contribution in [0.1, 0.15) is 26.7 Å². The molecular weight excluding hydrogens is 200 g/mol. The normalized spacial score (nSPS) is 45.6. The van der Waals surface area contributed by atoms with Gasteiger partial charge in [-0.15, -0.1) is 0 Å². The van der Waals surface area contributed by atoms with Crippen LogP contribution in [0, 0.1) is 17.8 Å². The van der Waals surface area contributed by atoms with E-state index >= 15 is 0 Å². The molecule has 4 atom stereocenters. The monoisotopic (exact) mass is 218 g/mol. The van der Waals surface area contributed by atoms with Crippen LogP contribution in [0.15, 0.2) is 24.3 Å². The summed E-state index contributed by atoms with van der Waals surface area (Å²) >= 11 is 0. The van der Waals surface area contributed by atoms with Gasteiger partial charge in [0.25, 0.3) is 0 Å². The van der Waals surface area contributed by atoms with Crippen molar-refractivity contribution in [3.05, 3.63) is 24.3 Å². The summed E-state index contributed by atoms with van der Waals surface area (Å²) in [4.78, 5) is 12.5. The number of hydrogen-bond acceptors (Lipinski definition) is 2. The van der Waals surface area contributed by atoms with E-state index in [0.29, 0.717) is 11.7 Å². The lowest BCUT2D eigenvalue weighted by atomic mass is 9.64. The van der Waals surface area contributed by atoms with Crippen LogP contribution in [0.2, 0.25) is 0 Å². The summed E-state index contributed by atoms with van der Waals surface area (Å²) < 4.78 is 5.94. The maximum absolute atomic E-state index is 12.5. The Morgan fingerprint density at radius 1 is 1.56 bits per heavy atom. The SMILES string of the molecule is C=C1[C@@H]2C(=O)[C@H](C(C)C)CC[C@@]23C=C[C@@H]1O3. The van der Waals surface area contributed by atoms with Crippen LogP contribution in [-0.2, 0) is 9.53 Å². The van der Waals surface area contributed by atoms with Crippen molar-refractivity contribution in [3.63, 3.8) is 0 Å². The fourth-order valence-corrected chi connectivity index (χ4v) is 3.52. The molecule has 2 nitrogen and oxygen atoms in total. The Bertz CT molecular complexity index is 394. The van der Waals surface area contributed by atoms with Gasteiger partial charge in [-0.1, -0.05) is 32.6 Å². The summed E-state index contributed by atoms with van der Waals surface area (Å²) in [5, 5.41) is 0. The minimum Gasteiger partial charge on any atom is -0.358 e. The summed E-state index contributed by atoms with van der Waals surface area (Å²) in [5.41, 5.74) is 0.669. The molecule has 16 heavy (non-hydrogen) atoms. The van der Waals surface area contributed by atoms with Crippen molar-refractivity contribution in [2.24, 2.45) is 17.8 Å². The standard InChI is InChI=1S/C14H18O2/c1-8(2)10-4-6-14-7-5-11(16-14)9(3)12(14)13(10)15/h5,7-8,10-12H,3-4,6H2,1-2H3/t10-,11-,12+,14+/m0/s1. The van der Waals surface area contributed by atoms with Gasteiger partial charge in [0.15, 0.2) is 0 Å². The molecule has 3 aliphatic rings. The average Bonchev–Trinajstić information content (AvgIpc) is 2.73. The molecule has 2 fully saturated rings. The van der Waals surface area contributed by atoms with Crippen molar-refractivity contribution >= 4 is 5.78 Å². The Hall–Kier alpha value is -0.890. The van der Waals surface area contributed by atoms with Gasteiger partial charge in [-0.05, 0) is 24.3 Å². The maximum atomic E-state index is 12.5. The Morgan fingerprint density at radius 2 is 2.31 bits per heavy atom. The highest BCUT2D eigenvalue weighted by Crippen LogP contribution is 2.53. The van der Waals surface area contributed by atoms with Crippen LogP contribution in [0.4, 0.5) is 0 Å². The van der Waals surface area contributed by atoms with Gasteiger partial charge in [0.1, 0.15) is 11.4 Å². The highest BCUT2D eigenvalue weighted by atomic mass is 16.5. The summed E-state index contributed by atoms with van der Waals surface area (Å²) in [5.74, 6) is 0.922. The van der Waals surface area contributed by atoms with Crippen molar-refractivity contribution in [1.82, 2.24) is 0 Å². The zero-order valence-electron chi connectivity index (χ0n) is 9.90. The summed E-state index contributed by atoms with van der Waals surface area (Å²) in [7, 11) is 0. The van der Waals surface area contributed by atoms with Gasteiger partial charge < -0.3 is 4.74 Å². The van der Waals surface area contributed by atoms with Gasteiger partial charge in [0, 0.05) is 5.92 Å². The lowest BCUT2D eigenvalue weighted by Crippen LogP contribution is -2.46. The molecule has 1 saturated heterocycles. The van der Waals surface area contributed by atoms with Gasteiger partial charge in [0.2, 0.25) is 0 Å². The van der Waals surface area contributed by atoms with E-state index in [0.717, 1.165) is 18.4 Å². The first-order valence-corrected chi connectivity index (χ1v) is 6.15. The molecule has 0 aromatic heterocycles. The van der Waals surface area contributed by atoms with Crippen molar-refractivity contribution in [2.75, 3.05) is 0 Å². The van der Waals surface area contributed by atoms with E-state index in [4.69, 9.17) is 4.74 Å². The minimum atomic E-state index is -0.315. The van der Waals surface area contributed by atoms with Gasteiger partial charge in [-0.2, -0.15) is 0 Å². The number of Topliss-reactive ketones (excluding diaryl/α,β-unsaturated/α-hetero) is 1. The number of ether oxygens (including phenoxy) is 1. The predicted octanol–water partition coefficient (Wildman–Crippen LogP) is 2.50. The summed E-state index contributed by atoms with van der Waals surface area (Å²) in [6.07, 6.45) is 6.09. The Kier molecular flexibility index (Phi) is 1.97. The van der Waals surface area contributed by atoms with E-state index in [-0.39, 0.29) is 23.5 Å². The summed E-state index contributed by atoms with van der Waals surface area (Å²) in [6.45, 7) is 8.33. The maximum Gasteiger partial charge on any atom is 0.146 e. The third-order valence-electron chi connectivity index (χ3n) is 4.43. The Balaban J connectivity index is 1.98. The third-order valence-corrected chi connectivity index (χ3v) is 4.43. The lowest BCUT2D eigenvalue weighted by molar-refractivity contribution is -0.136. The molecule has 1 spiro atoms. The van der Waals surface area contributed by atoms with Crippen molar-refractivity contribution in [2.45, 2.75) is 38.4 Å². The van der Waals surface area contributed by atoms with Crippen molar-refractivity contribution in [3.8, 4) is 0 Å². The average molecular weight is 218 g/mol. The van der Waals surface area contributed by atoms with Gasteiger partial charge in [0.05, 0.1) is 12.0 Å². The molecule has 0 aromatic rings. The molecule has 0 radical (unpaired) electrons. The highest BCUT2D eigenvalue weighted by molar-refractivity contribution is 5.90. The predicted molar refractivity (Wildman–Crippen MR) is 61.9 cm³/mol. The highest BCUT2D eigenvalue weighted by Gasteiger charge is 2.59. The first kappa shape index (κ1) is 10.3. The Morgan fingerprint density at radius 3 is 3.00 bits per heavy atom. The number of fused-ring (bicyclic) bond motifs is 1. The molecule has 1 aliphatic carbocycles. The quantitative estimate of drug-likeness (QED) is 0.632. The first-order chi connectivity index (χ1) is 7.55. The molecule has 2 heteroatoms. The fraction of sp³-hybridized carbons (Fsp3) is 0.643. The second-order valence-electron chi connectivity index (χ2n) is 5.65. The number of carbonyl (C=O) groups excluding carboxylic acids is 1. The van der Waals surface area contributed by atoms with Crippen LogP contribution >= 0.6 is 0 Å². The van der Waals surface area contributed by atoms with Crippen molar-refractivity contribution in [1.29, 1.82) is 0 Å². The van der Waals surface area contributed by atoms with Crippen LogP contribution in [0.25, 0.3) is 0 Å². The van der Waals surface area contributed by atoms with Crippen LogP contribution < -0.4 is 0 Å². The molecule has 86 valence electrons. The number of ketones is 1. The zero-order valence-corrected chi connectivity index (χ0v) is 9.90. The molecule has 1 saturated carbocycles. The van der Waals surface area contributed by atoms with Gasteiger partial charge >= 0.3 is 0 Å². The molecular formula is C14H18O2. The zero-order chi connectivity index (χ0) is 11.5. The van der Waals surface area contributed by atoms with Crippen LogP contribution in [0.5, 0.6) is 0 Å². The number of rotatable bonds is 1. The van der Waals surface area contributed by atoms with E-state index in [1.54, 1.807) is 0 Å². The number of carbonyl (C=O) groups is 1. The van der Waals surface area contributed by atoms with Crippen LogP contribution in [-0.4, -0.2) is 17.5 Å². The van der Waals surface area contributed by atoms with Crippen LogP contribution in [0.3, 0.4) is 0 Å². The second kappa shape index (κ2) is 3.07. The molecule has 0 amide bonds. The molecule has 0 N–H and O–H groups in total. The molecule has 2 aliphatic heterocycles.